The normalized spacial score (nSPS) is 11.3. The van der Waals surface area contributed by atoms with Crippen LogP contribution < -0.4 is 10.1 Å². The number of rotatable bonds is 5. The molecular weight excluding hydrogens is 359 g/mol. The van der Waals surface area contributed by atoms with Crippen molar-refractivity contribution < 1.29 is 27.1 Å². The van der Waals surface area contributed by atoms with E-state index in [1.165, 1.54) is 24.3 Å². The van der Waals surface area contributed by atoms with Gasteiger partial charge in [0.05, 0.1) is 11.3 Å². The van der Waals surface area contributed by atoms with Crippen LogP contribution in [-0.4, -0.2) is 5.91 Å². The van der Waals surface area contributed by atoms with Crippen molar-refractivity contribution in [3.05, 3.63) is 83.3 Å². The van der Waals surface area contributed by atoms with Gasteiger partial charge in [-0.1, -0.05) is 24.3 Å². The smallest absolute Gasteiger partial charge is 0.418 e. The second-order valence-electron chi connectivity index (χ2n) is 5.87. The molecule has 0 fully saturated rings. The van der Waals surface area contributed by atoms with Crippen molar-refractivity contribution in [2.24, 2.45) is 0 Å². The van der Waals surface area contributed by atoms with E-state index in [0.29, 0.717) is 11.5 Å². The highest BCUT2D eigenvalue weighted by molar-refractivity contribution is 6.02. The average molecular weight is 375 g/mol. The van der Waals surface area contributed by atoms with Crippen LogP contribution >= 0.6 is 0 Å². The van der Waals surface area contributed by atoms with Gasteiger partial charge in [0.2, 0.25) is 0 Å². The van der Waals surface area contributed by atoms with Crippen LogP contribution in [0.3, 0.4) is 0 Å². The van der Waals surface area contributed by atoms with Gasteiger partial charge < -0.3 is 14.5 Å². The molecule has 0 spiro atoms. The lowest BCUT2D eigenvalue weighted by Gasteiger charge is -2.12. The number of nitrogens with one attached hydrogen (secondary N) is 1. The van der Waals surface area contributed by atoms with Gasteiger partial charge in [-0.15, -0.1) is 0 Å². The number of amides is 1. The molecular formula is C20H16F3NO3. The number of para-hydroxylation sites is 1. The summed E-state index contributed by atoms with van der Waals surface area (Å²) in [6.45, 7) is 2.02. The number of hydrogen-bond acceptors (Lipinski definition) is 3. The van der Waals surface area contributed by atoms with Crippen molar-refractivity contribution in [1.82, 2.24) is 0 Å². The number of alkyl halides is 3. The SMILES string of the molecule is Cc1cccc(OCc2ccc(C(=O)Nc3ccccc3C(F)(F)F)o2)c1. The van der Waals surface area contributed by atoms with Crippen molar-refractivity contribution in [2.75, 3.05) is 5.32 Å². The first-order valence-corrected chi connectivity index (χ1v) is 8.09. The summed E-state index contributed by atoms with van der Waals surface area (Å²) < 4.78 is 50.0. The van der Waals surface area contributed by atoms with E-state index in [1.807, 2.05) is 25.1 Å². The fourth-order valence-electron chi connectivity index (χ4n) is 2.46. The molecule has 0 aliphatic rings. The molecule has 0 atom stereocenters. The topological polar surface area (TPSA) is 51.5 Å². The average Bonchev–Trinajstić information content (AvgIpc) is 3.09. The maximum Gasteiger partial charge on any atom is 0.418 e. The van der Waals surface area contributed by atoms with Gasteiger partial charge in [-0.3, -0.25) is 4.79 Å². The predicted octanol–water partition coefficient (Wildman–Crippen LogP) is 5.44. The van der Waals surface area contributed by atoms with Gasteiger partial charge in [-0.25, -0.2) is 0 Å². The minimum Gasteiger partial charge on any atom is -0.486 e. The summed E-state index contributed by atoms with van der Waals surface area (Å²) in [6, 6.07) is 15.1. The van der Waals surface area contributed by atoms with Gasteiger partial charge in [0.1, 0.15) is 18.1 Å². The van der Waals surface area contributed by atoms with Gasteiger partial charge in [0.15, 0.2) is 5.76 Å². The van der Waals surface area contributed by atoms with E-state index in [1.54, 1.807) is 12.1 Å². The second kappa shape index (κ2) is 7.57. The van der Waals surface area contributed by atoms with Crippen molar-refractivity contribution in [2.45, 2.75) is 19.7 Å². The van der Waals surface area contributed by atoms with E-state index >= 15 is 0 Å². The fraction of sp³-hybridized carbons (Fsp3) is 0.150. The molecule has 0 saturated carbocycles. The summed E-state index contributed by atoms with van der Waals surface area (Å²) in [4.78, 5) is 12.2. The van der Waals surface area contributed by atoms with Crippen LogP contribution in [0, 0.1) is 6.92 Å². The molecule has 140 valence electrons. The van der Waals surface area contributed by atoms with Crippen molar-refractivity contribution in [1.29, 1.82) is 0 Å². The molecule has 1 N–H and O–H groups in total. The van der Waals surface area contributed by atoms with Gasteiger partial charge in [-0.05, 0) is 48.9 Å². The second-order valence-corrected chi connectivity index (χ2v) is 5.87. The number of benzene rings is 2. The molecule has 1 amide bonds. The summed E-state index contributed by atoms with van der Waals surface area (Å²) in [7, 11) is 0. The number of halogens is 3. The molecule has 2 aromatic carbocycles. The molecule has 0 bridgehead atoms. The molecule has 7 heteroatoms. The Morgan fingerprint density at radius 2 is 1.85 bits per heavy atom. The third-order valence-electron chi connectivity index (χ3n) is 3.74. The van der Waals surface area contributed by atoms with Gasteiger partial charge in [0.25, 0.3) is 5.91 Å². The monoisotopic (exact) mass is 375 g/mol. The van der Waals surface area contributed by atoms with Crippen LogP contribution in [0.25, 0.3) is 0 Å². The molecule has 3 rings (SSSR count). The van der Waals surface area contributed by atoms with Gasteiger partial charge in [0, 0.05) is 0 Å². The molecule has 3 aromatic rings. The lowest BCUT2D eigenvalue weighted by atomic mass is 10.1. The van der Waals surface area contributed by atoms with E-state index in [0.717, 1.165) is 11.6 Å². The quantitative estimate of drug-likeness (QED) is 0.646. The van der Waals surface area contributed by atoms with E-state index in [4.69, 9.17) is 9.15 Å². The maximum atomic E-state index is 13.0. The number of aryl methyl sites for hydroxylation is 1. The minimum atomic E-state index is -4.57. The molecule has 4 nitrogen and oxygen atoms in total. The zero-order valence-corrected chi connectivity index (χ0v) is 14.3. The summed E-state index contributed by atoms with van der Waals surface area (Å²) in [5, 5.41) is 2.23. The molecule has 0 unspecified atom stereocenters. The Balaban J connectivity index is 1.67. The summed E-state index contributed by atoms with van der Waals surface area (Å²) in [6.07, 6.45) is -4.57. The highest BCUT2D eigenvalue weighted by atomic mass is 19.4. The van der Waals surface area contributed by atoms with E-state index in [2.05, 4.69) is 5.32 Å². The van der Waals surface area contributed by atoms with Crippen LogP contribution in [0.15, 0.2) is 65.1 Å². The zero-order chi connectivity index (χ0) is 19.4. The molecule has 1 heterocycles. The number of hydrogen-bond donors (Lipinski definition) is 1. The first-order chi connectivity index (χ1) is 12.8. The molecule has 0 radical (unpaired) electrons. The maximum absolute atomic E-state index is 13.0. The Bertz CT molecular complexity index is 947. The predicted molar refractivity (Wildman–Crippen MR) is 93.6 cm³/mol. The van der Waals surface area contributed by atoms with Crippen LogP contribution in [0.1, 0.15) is 27.4 Å². The van der Waals surface area contributed by atoms with E-state index < -0.39 is 17.6 Å². The number of carbonyl (C=O) groups is 1. The first-order valence-electron chi connectivity index (χ1n) is 8.09. The number of furan rings is 1. The van der Waals surface area contributed by atoms with Crippen molar-refractivity contribution in [3.8, 4) is 5.75 Å². The molecule has 1 aromatic heterocycles. The third kappa shape index (κ3) is 4.69. The fourth-order valence-corrected chi connectivity index (χ4v) is 2.46. The third-order valence-corrected chi connectivity index (χ3v) is 3.74. The standard InChI is InChI=1S/C20H16F3NO3/c1-13-5-4-6-14(11-13)26-12-15-9-10-18(27-15)19(25)24-17-8-3-2-7-16(17)20(21,22)23/h2-11H,12H2,1H3,(H,24,25). The molecule has 27 heavy (non-hydrogen) atoms. The summed E-state index contributed by atoms with van der Waals surface area (Å²) in [5.41, 5.74) is -0.216. The Labute approximate surface area is 153 Å². The van der Waals surface area contributed by atoms with Crippen LogP contribution in [-0.2, 0) is 12.8 Å². The molecule has 0 aliphatic carbocycles. The summed E-state index contributed by atoms with van der Waals surface area (Å²) >= 11 is 0. The van der Waals surface area contributed by atoms with E-state index in [-0.39, 0.29) is 18.1 Å². The number of carbonyl (C=O) groups excluding carboxylic acids is 1. The first kappa shape index (κ1) is 18.6. The Morgan fingerprint density at radius 3 is 2.59 bits per heavy atom. The molecule has 0 aliphatic heterocycles. The summed E-state index contributed by atoms with van der Waals surface area (Å²) in [5.74, 6) is 0.158. The van der Waals surface area contributed by atoms with Crippen molar-refractivity contribution in [3.63, 3.8) is 0 Å². The van der Waals surface area contributed by atoms with Gasteiger partial charge in [-0.2, -0.15) is 13.2 Å². The highest BCUT2D eigenvalue weighted by Gasteiger charge is 2.33. The Morgan fingerprint density at radius 1 is 1.07 bits per heavy atom. The lowest BCUT2D eigenvalue weighted by molar-refractivity contribution is -0.136. The van der Waals surface area contributed by atoms with Crippen molar-refractivity contribution >= 4 is 11.6 Å². The van der Waals surface area contributed by atoms with Crippen LogP contribution in [0.4, 0.5) is 18.9 Å². The largest absolute Gasteiger partial charge is 0.486 e. The zero-order valence-electron chi connectivity index (χ0n) is 14.3. The lowest BCUT2D eigenvalue weighted by Crippen LogP contribution is -2.16. The minimum absolute atomic E-state index is 0.0931. The number of ether oxygens (including phenoxy) is 1. The van der Waals surface area contributed by atoms with Crippen LogP contribution in [0.2, 0.25) is 0 Å². The Kier molecular flexibility index (Phi) is 5.21. The van der Waals surface area contributed by atoms with Gasteiger partial charge >= 0.3 is 6.18 Å². The van der Waals surface area contributed by atoms with Crippen LogP contribution in [0.5, 0.6) is 5.75 Å². The van der Waals surface area contributed by atoms with E-state index in [9.17, 15) is 18.0 Å². The highest BCUT2D eigenvalue weighted by Crippen LogP contribution is 2.34. The Hall–Kier alpha value is -3.22. The number of anilines is 1. The molecule has 0 saturated heterocycles.